The van der Waals surface area contributed by atoms with Gasteiger partial charge in [-0.15, -0.1) is 0 Å². The van der Waals surface area contributed by atoms with Gasteiger partial charge in [0.15, 0.2) is 0 Å². The van der Waals surface area contributed by atoms with Gasteiger partial charge < -0.3 is 15.7 Å². The average Bonchev–Trinajstić information content (AvgIpc) is 2.70. The van der Waals surface area contributed by atoms with Gasteiger partial charge in [-0.3, -0.25) is 4.79 Å². The van der Waals surface area contributed by atoms with Crippen molar-refractivity contribution >= 4 is 12.0 Å². The van der Waals surface area contributed by atoms with E-state index in [1.807, 2.05) is 0 Å². The summed E-state index contributed by atoms with van der Waals surface area (Å²) in [7, 11) is 0. The molecule has 0 radical (unpaired) electrons. The Morgan fingerprint density at radius 3 is 2.58 bits per heavy atom. The van der Waals surface area contributed by atoms with Gasteiger partial charge in [-0.2, -0.15) is 0 Å². The highest BCUT2D eigenvalue weighted by atomic mass is 16.4. The summed E-state index contributed by atoms with van der Waals surface area (Å²) >= 11 is 0. The van der Waals surface area contributed by atoms with Crippen LogP contribution in [0.2, 0.25) is 0 Å². The largest absolute Gasteiger partial charge is 0.481 e. The van der Waals surface area contributed by atoms with Crippen LogP contribution in [0.15, 0.2) is 0 Å². The van der Waals surface area contributed by atoms with Gasteiger partial charge in [-0.25, -0.2) is 4.79 Å². The molecule has 2 amide bonds. The highest BCUT2D eigenvalue weighted by Gasteiger charge is 2.22. The Bertz CT molecular complexity index is 189. The third-order valence-electron chi connectivity index (χ3n) is 1.54. The molecule has 1 aliphatic rings. The molecule has 1 rings (SSSR count). The normalized spacial score (nSPS) is 15.3. The zero-order valence-corrected chi connectivity index (χ0v) is 6.67. The fourth-order valence-corrected chi connectivity index (χ4v) is 0.747. The molecule has 0 aromatic carbocycles. The van der Waals surface area contributed by atoms with Crippen molar-refractivity contribution in [3.63, 3.8) is 0 Å². The molecule has 5 heteroatoms. The van der Waals surface area contributed by atoms with Crippen molar-refractivity contribution in [2.45, 2.75) is 25.3 Å². The summed E-state index contributed by atoms with van der Waals surface area (Å²) in [5.41, 5.74) is 0. The first-order valence-corrected chi connectivity index (χ1v) is 3.94. The predicted octanol–water partition coefficient (Wildman–Crippen LogP) is -0.0773. The molecule has 12 heavy (non-hydrogen) atoms. The minimum atomic E-state index is -0.901. The fourth-order valence-electron chi connectivity index (χ4n) is 0.747. The van der Waals surface area contributed by atoms with Gasteiger partial charge in [0.05, 0.1) is 6.42 Å². The van der Waals surface area contributed by atoms with Crippen molar-refractivity contribution in [2.75, 3.05) is 6.54 Å². The highest BCUT2D eigenvalue weighted by molar-refractivity contribution is 5.75. The van der Waals surface area contributed by atoms with Crippen molar-refractivity contribution in [2.24, 2.45) is 0 Å². The zero-order valence-electron chi connectivity index (χ0n) is 6.67. The molecule has 3 N–H and O–H groups in total. The van der Waals surface area contributed by atoms with E-state index in [-0.39, 0.29) is 19.0 Å². The topological polar surface area (TPSA) is 78.4 Å². The SMILES string of the molecule is O=C(O)CCNC(=O)NC1CC1. The van der Waals surface area contributed by atoms with E-state index in [0.29, 0.717) is 6.04 Å². The van der Waals surface area contributed by atoms with Crippen molar-refractivity contribution < 1.29 is 14.7 Å². The van der Waals surface area contributed by atoms with E-state index in [4.69, 9.17) is 5.11 Å². The van der Waals surface area contributed by atoms with Crippen molar-refractivity contribution in [1.82, 2.24) is 10.6 Å². The van der Waals surface area contributed by atoms with Gasteiger partial charge in [-0.05, 0) is 12.8 Å². The first kappa shape index (κ1) is 8.83. The lowest BCUT2D eigenvalue weighted by Crippen LogP contribution is -2.37. The number of amides is 2. The molecule has 68 valence electrons. The molecule has 1 aliphatic carbocycles. The molecule has 0 aromatic rings. The molecule has 0 unspecified atom stereocenters. The second kappa shape index (κ2) is 3.94. The summed E-state index contributed by atoms with van der Waals surface area (Å²) in [5, 5.41) is 13.4. The molecule has 0 atom stereocenters. The van der Waals surface area contributed by atoms with Crippen LogP contribution in [0.4, 0.5) is 4.79 Å². The van der Waals surface area contributed by atoms with Gasteiger partial charge in [0.25, 0.3) is 0 Å². The number of carboxylic acids is 1. The molecule has 0 bridgehead atoms. The van der Waals surface area contributed by atoms with Crippen molar-refractivity contribution in [1.29, 1.82) is 0 Å². The van der Waals surface area contributed by atoms with Crippen LogP contribution in [-0.2, 0) is 4.79 Å². The van der Waals surface area contributed by atoms with Gasteiger partial charge in [-0.1, -0.05) is 0 Å². The number of hydrogen-bond donors (Lipinski definition) is 3. The molecule has 5 nitrogen and oxygen atoms in total. The van der Waals surface area contributed by atoms with Crippen LogP contribution < -0.4 is 10.6 Å². The smallest absolute Gasteiger partial charge is 0.315 e. The van der Waals surface area contributed by atoms with E-state index in [0.717, 1.165) is 12.8 Å². The first-order valence-electron chi connectivity index (χ1n) is 3.94. The van der Waals surface area contributed by atoms with Crippen LogP contribution >= 0.6 is 0 Å². The molecule has 1 fully saturated rings. The minimum Gasteiger partial charge on any atom is -0.481 e. The van der Waals surface area contributed by atoms with Crippen LogP contribution in [0.5, 0.6) is 0 Å². The second-order valence-electron chi connectivity index (χ2n) is 2.82. The zero-order chi connectivity index (χ0) is 8.97. The van der Waals surface area contributed by atoms with E-state index in [1.54, 1.807) is 0 Å². The molecule has 0 aromatic heterocycles. The standard InChI is InChI=1S/C7H12N2O3/c10-6(11)3-4-8-7(12)9-5-1-2-5/h5H,1-4H2,(H,10,11)(H2,8,9,12). The Morgan fingerprint density at radius 1 is 1.42 bits per heavy atom. The maximum Gasteiger partial charge on any atom is 0.315 e. The predicted molar refractivity (Wildman–Crippen MR) is 41.8 cm³/mol. The lowest BCUT2D eigenvalue weighted by Gasteiger charge is -2.03. The van der Waals surface area contributed by atoms with Crippen LogP contribution in [-0.4, -0.2) is 29.7 Å². The Hall–Kier alpha value is -1.26. The molecule has 0 spiro atoms. The molecule has 0 heterocycles. The number of carboxylic acid groups (broad SMARTS) is 1. The second-order valence-corrected chi connectivity index (χ2v) is 2.82. The van der Waals surface area contributed by atoms with Gasteiger partial charge in [0.1, 0.15) is 0 Å². The third kappa shape index (κ3) is 3.80. The quantitative estimate of drug-likeness (QED) is 0.555. The number of rotatable bonds is 4. The summed E-state index contributed by atoms with van der Waals surface area (Å²) in [6.07, 6.45) is 2.04. The lowest BCUT2D eigenvalue weighted by molar-refractivity contribution is -0.136. The fraction of sp³-hybridized carbons (Fsp3) is 0.714. The Labute approximate surface area is 70.1 Å². The number of carbonyl (C=O) groups excluding carboxylic acids is 1. The lowest BCUT2D eigenvalue weighted by atomic mass is 10.4. The number of aliphatic carboxylic acids is 1. The Kier molecular flexibility index (Phi) is 2.90. The third-order valence-corrected chi connectivity index (χ3v) is 1.54. The molecule has 1 saturated carbocycles. The average molecular weight is 172 g/mol. The summed E-state index contributed by atoms with van der Waals surface area (Å²) in [5.74, 6) is -0.901. The summed E-state index contributed by atoms with van der Waals surface area (Å²) in [4.78, 5) is 20.9. The van der Waals surface area contributed by atoms with E-state index >= 15 is 0 Å². The Balaban J connectivity index is 1.97. The number of carbonyl (C=O) groups is 2. The summed E-state index contributed by atoms with van der Waals surface area (Å²) < 4.78 is 0. The first-order chi connectivity index (χ1) is 5.68. The minimum absolute atomic E-state index is 0.0297. The monoisotopic (exact) mass is 172 g/mol. The Morgan fingerprint density at radius 2 is 2.08 bits per heavy atom. The van der Waals surface area contributed by atoms with Crippen molar-refractivity contribution in [3.8, 4) is 0 Å². The number of hydrogen-bond acceptors (Lipinski definition) is 2. The molecular weight excluding hydrogens is 160 g/mol. The highest BCUT2D eigenvalue weighted by Crippen LogP contribution is 2.17. The van der Waals surface area contributed by atoms with E-state index in [1.165, 1.54) is 0 Å². The van der Waals surface area contributed by atoms with Gasteiger partial charge in [0.2, 0.25) is 0 Å². The molecule has 0 aliphatic heterocycles. The van der Waals surface area contributed by atoms with E-state index < -0.39 is 5.97 Å². The van der Waals surface area contributed by atoms with Crippen LogP contribution in [0.25, 0.3) is 0 Å². The molecular formula is C7H12N2O3. The number of urea groups is 1. The molecule has 0 saturated heterocycles. The van der Waals surface area contributed by atoms with E-state index in [9.17, 15) is 9.59 Å². The van der Waals surface area contributed by atoms with Gasteiger partial charge in [0, 0.05) is 12.6 Å². The van der Waals surface area contributed by atoms with Gasteiger partial charge >= 0.3 is 12.0 Å². The summed E-state index contributed by atoms with van der Waals surface area (Å²) in [6, 6.07) is 0.0496. The van der Waals surface area contributed by atoms with Crippen LogP contribution in [0, 0.1) is 0 Å². The van der Waals surface area contributed by atoms with Crippen molar-refractivity contribution in [3.05, 3.63) is 0 Å². The van der Waals surface area contributed by atoms with Crippen LogP contribution in [0.3, 0.4) is 0 Å². The van der Waals surface area contributed by atoms with E-state index in [2.05, 4.69) is 10.6 Å². The summed E-state index contributed by atoms with van der Waals surface area (Å²) in [6.45, 7) is 0.188. The maximum atomic E-state index is 10.9. The maximum absolute atomic E-state index is 10.9. The number of nitrogens with one attached hydrogen (secondary N) is 2. The van der Waals surface area contributed by atoms with Crippen LogP contribution in [0.1, 0.15) is 19.3 Å².